The van der Waals surface area contributed by atoms with E-state index in [9.17, 15) is 8.78 Å². The molecule has 2 rings (SSSR count). The predicted molar refractivity (Wildman–Crippen MR) is 82.5 cm³/mol. The van der Waals surface area contributed by atoms with Crippen LogP contribution < -0.4 is 10.1 Å². The van der Waals surface area contributed by atoms with Gasteiger partial charge in [0.2, 0.25) is 0 Å². The Hall–Kier alpha value is -1.46. The van der Waals surface area contributed by atoms with Gasteiger partial charge in [-0.2, -0.15) is 0 Å². The van der Waals surface area contributed by atoms with E-state index in [0.29, 0.717) is 28.1 Å². The minimum Gasteiger partial charge on any atom is -0.456 e. The number of benzene rings is 2. The average molecular weight is 356 g/mol. The van der Waals surface area contributed by atoms with Crippen LogP contribution in [0.2, 0.25) is 0 Å². The largest absolute Gasteiger partial charge is 0.456 e. The lowest BCUT2D eigenvalue weighted by molar-refractivity contribution is 0.462. The van der Waals surface area contributed by atoms with E-state index in [0.717, 1.165) is 0 Å². The molecule has 0 aliphatic rings. The van der Waals surface area contributed by atoms with E-state index in [2.05, 4.69) is 21.2 Å². The molecule has 21 heavy (non-hydrogen) atoms. The highest BCUT2D eigenvalue weighted by Crippen LogP contribution is 2.32. The molecule has 0 aliphatic heterocycles. The molecule has 2 aromatic carbocycles. The van der Waals surface area contributed by atoms with Crippen molar-refractivity contribution >= 4 is 15.9 Å². The van der Waals surface area contributed by atoms with Gasteiger partial charge in [-0.1, -0.05) is 13.8 Å². The van der Waals surface area contributed by atoms with Gasteiger partial charge in [-0.05, 0) is 52.3 Å². The summed E-state index contributed by atoms with van der Waals surface area (Å²) in [6, 6.07) is 8.79. The summed E-state index contributed by atoms with van der Waals surface area (Å²) in [4.78, 5) is 0. The number of ether oxygens (including phenoxy) is 1. The Kier molecular flexibility index (Phi) is 5.31. The SMILES string of the molecule is CC(C)NCc1cc(F)ccc1Oc1ccc(F)cc1Br. The van der Waals surface area contributed by atoms with E-state index < -0.39 is 0 Å². The van der Waals surface area contributed by atoms with Gasteiger partial charge in [-0.25, -0.2) is 8.78 Å². The van der Waals surface area contributed by atoms with Crippen molar-refractivity contribution in [2.75, 3.05) is 0 Å². The Morgan fingerprint density at radius 2 is 1.67 bits per heavy atom. The van der Waals surface area contributed by atoms with Crippen LogP contribution in [0.15, 0.2) is 40.9 Å². The summed E-state index contributed by atoms with van der Waals surface area (Å²) in [6.07, 6.45) is 0. The molecule has 2 nitrogen and oxygen atoms in total. The molecule has 0 heterocycles. The fourth-order valence-electron chi connectivity index (χ4n) is 1.78. The maximum Gasteiger partial charge on any atom is 0.141 e. The van der Waals surface area contributed by atoms with Crippen LogP contribution in [0.5, 0.6) is 11.5 Å². The molecule has 0 atom stereocenters. The number of halogens is 3. The number of nitrogens with one attached hydrogen (secondary N) is 1. The molecule has 0 spiro atoms. The third-order valence-corrected chi connectivity index (χ3v) is 3.46. The van der Waals surface area contributed by atoms with Crippen molar-refractivity contribution < 1.29 is 13.5 Å². The second-order valence-electron chi connectivity index (χ2n) is 4.96. The highest BCUT2D eigenvalue weighted by Gasteiger charge is 2.10. The molecule has 1 N–H and O–H groups in total. The Bertz CT molecular complexity index is 632. The van der Waals surface area contributed by atoms with Crippen LogP contribution in [-0.2, 0) is 6.54 Å². The van der Waals surface area contributed by atoms with E-state index in [-0.39, 0.29) is 17.7 Å². The molecule has 0 aliphatic carbocycles. The zero-order valence-corrected chi connectivity index (χ0v) is 13.4. The first-order valence-electron chi connectivity index (χ1n) is 6.60. The van der Waals surface area contributed by atoms with Gasteiger partial charge >= 0.3 is 0 Å². The van der Waals surface area contributed by atoms with Gasteiger partial charge in [0.25, 0.3) is 0 Å². The first-order valence-corrected chi connectivity index (χ1v) is 7.39. The molecule has 0 unspecified atom stereocenters. The molecule has 0 aromatic heterocycles. The topological polar surface area (TPSA) is 21.3 Å². The fourth-order valence-corrected chi connectivity index (χ4v) is 2.21. The minimum atomic E-state index is -0.352. The van der Waals surface area contributed by atoms with Crippen molar-refractivity contribution in [1.82, 2.24) is 5.32 Å². The van der Waals surface area contributed by atoms with Crippen molar-refractivity contribution in [1.29, 1.82) is 0 Å². The molecule has 0 saturated heterocycles. The lowest BCUT2D eigenvalue weighted by atomic mass is 10.2. The summed E-state index contributed by atoms with van der Waals surface area (Å²) in [5.74, 6) is 0.349. The normalized spacial score (nSPS) is 11.0. The van der Waals surface area contributed by atoms with E-state index in [1.165, 1.54) is 30.3 Å². The highest BCUT2D eigenvalue weighted by atomic mass is 79.9. The Labute approximate surface area is 131 Å². The minimum absolute atomic E-state index is 0.277. The van der Waals surface area contributed by atoms with Gasteiger partial charge in [0.1, 0.15) is 23.1 Å². The van der Waals surface area contributed by atoms with E-state index in [1.807, 2.05) is 13.8 Å². The second-order valence-corrected chi connectivity index (χ2v) is 5.82. The molecule has 0 amide bonds. The average Bonchev–Trinajstić information content (AvgIpc) is 2.41. The lowest BCUT2D eigenvalue weighted by Crippen LogP contribution is -2.22. The summed E-state index contributed by atoms with van der Waals surface area (Å²) in [5, 5.41) is 3.22. The van der Waals surface area contributed by atoms with Crippen molar-refractivity contribution in [3.05, 3.63) is 58.1 Å². The van der Waals surface area contributed by atoms with Crippen LogP contribution in [0.4, 0.5) is 8.78 Å². The summed E-state index contributed by atoms with van der Waals surface area (Å²) in [7, 11) is 0. The number of hydrogen-bond acceptors (Lipinski definition) is 2. The Morgan fingerprint density at radius 3 is 2.29 bits per heavy atom. The second kappa shape index (κ2) is 7.00. The number of hydrogen-bond donors (Lipinski definition) is 1. The van der Waals surface area contributed by atoms with Gasteiger partial charge in [0.05, 0.1) is 4.47 Å². The molecule has 0 bridgehead atoms. The highest BCUT2D eigenvalue weighted by molar-refractivity contribution is 9.10. The quantitative estimate of drug-likeness (QED) is 0.813. The van der Waals surface area contributed by atoms with E-state index >= 15 is 0 Å². The third kappa shape index (κ3) is 4.51. The standard InChI is InChI=1S/C16H16BrF2NO/c1-10(2)20-9-11-7-12(18)3-5-15(11)21-16-6-4-13(19)8-14(16)17/h3-8,10,20H,9H2,1-2H3. The lowest BCUT2D eigenvalue weighted by Gasteiger charge is -2.14. The van der Waals surface area contributed by atoms with Crippen LogP contribution in [0.3, 0.4) is 0 Å². The van der Waals surface area contributed by atoms with Crippen molar-refractivity contribution in [2.24, 2.45) is 0 Å². The fraction of sp³-hybridized carbons (Fsp3) is 0.250. The smallest absolute Gasteiger partial charge is 0.141 e. The Balaban J connectivity index is 2.26. The van der Waals surface area contributed by atoms with Crippen LogP contribution in [0.25, 0.3) is 0 Å². The van der Waals surface area contributed by atoms with Gasteiger partial charge in [-0.15, -0.1) is 0 Å². The zero-order chi connectivity index (χ0) is 15.4. The van der Waals surface area contributed by atoms with E-state index in [4.69, 9.17) is 4.74 Å². The summed E-state index contributed by atoms with van der Waals surface area (Å²) >= 11 is 3.25. The number of rotatable bonds is 5. The zero-order valence-electron chi connectivity index (χ0n) is 11.8. The van der Waals surface area contributed by atoms with Crippen molar-refractivity contribution in [2.45, 2.75) is 26.4 Å². The van der Waals surface area contributed by atoms with Crippen LogP contribution in [-0.4, -0.2) is 6.04 Å². The molecule has 0 radical (unpaired) electrons. The van der Waals surface area contributed by atoms with Gasteiger partial charge < -0.3 is 10.1 Å². The molecule has 2 aromatic rings. The monoisotopic (exact) mass is 355 g/mol. The first kappa shape index (κ1) is 15.9. The molecule has 0 saturated carbocycles. The molecule has 112 valence electrons. The van der Waals surface area contributed by atoms with Gasteiger partial charge in [0.15, 0.2) is 0 Å². The maximum atomic E-state index is 13.4. The van der Waals surface area contributed by atoms with Crippen LogP contribution in [0.1, 0.15) is 19.4 Å². The van der Waals surface area contributed by atoms with Crippen LogP contribution in [0, 0.1) is 11.6 Å². The summed E-state index contributed by atoms with van der Waals surface area (Å²) in [6.45, 7) is 4.51. The van der Waals surface area contributed by atoms with Crippen LogP contribution >= 0.6 is 15.9 Å². The van der Waals surface area contributed by atoms with Crippen molar-refractivity contribution in [3.8, 4) is 11.5 Å². The molecule has 5 heteroatoms. The molecule has 0 fully saturated rings. The maximum absolute atomic E-state index is 13.4. The third-order valence-electron chi connectivity index (χ3n) is 2.84. The molecular weight excluding hydrogens is 340 g/mol. The molecular formula is C16H16BrF2NO. The van der Waals surface area contributed by atoms with Gasteiger partial charge in [-0.3, -0.25) is 0 Å². The summed E-state index contributed by atoms with van der Waals surface area (Å²) < 4.78 is 32.8. The first-order chi connectivity index (χ1) is 9.95. The van der Waals surface area contributed by atoms with E-state index in [1.54, 1.807) is 6.07 Å². The summed E-state index contributed by atoms with van der Waals surface area (Å²) in [5.41, 5.74) is 0.708. The Morgan fingerprint density at radius 1 is 1.05 bits per heavy atom. The van der Waals surface area contributed by atoms with Crippen molar-refractivity contribution in [3.63, 3.8) is 0 Å². The predicted octanol–water partition coefficient (Wildman–Crippen LogP) is 5.02. The van der Waals surface area contributed by atoms with Gasteiger partial charge in [0, 0.05) is 18.2 Å².